The fourth-order valence-electron chi connectivity index (χ4n) is 3.23. The van der Waals surface area contributed by atoms with Gasteiger partial charge in [0.1, 0.15) is 0 Å². The monoisotopic (exact) mass is 502 g/mol. The minimum Gasteiger partial charge on any atom is -0.342 e. The summed E-state index contributed by atoms with van der Waals surface area (Å²) in [4.78, 5) is 5.33. The van der Waals surface area contributed by atoms with E-state index in [1.165, 1.54) is 49.1 Å². The van der Waals surface area contributed by atoms with Crippen LogP contribution in [0.2, 0.25) is 10.0 Å². The predicted octanol–water partition coefficient (Wildman–Crippen LogP) is 6.40. The van der Waals surface area contributed by atoms with Crippen molar-refractivity contribution in [1.82, 2.24) is 4.98 Å². The first kappa shape index (κ1) is 24.4. The van der Waals surface area contributed by atoms with E-state index in [2.05, 4.69) is 4.98 Å². The van der Waals surface area contributed by atoms with E-state index in [0.29, 0.717) is 10.7 Å². The molecular formula is C22H19Cl2F3N2O2S. The van der Waals surface area contributed by atoms with Crippen LogP contribution in [-0.4, -0.2) is 31.9 Å². The molecule has 0 N–H and O–H groups in total. The molecule has 0 amide bonds. The maximum Gasteiger partial charge on any atom is 0.418 e. The van der Waals surface area contributed by atoms with Crippen molar-refractivity contribution >= 4 is 44.3 Å². The second-order valence-corrected chi connectivity index (χ2v) is 10.1. The molecule has 0 atom stereocenters. The minimum atomic E-state index is -4.71. The maximum atomic E-state index is 14.1. The van der Waals surface area contributed by atoms with Gasteiger partial charge in [-0.2, -0.15) is 13.2 Å². The summed E-state index contributed by atoms with van der Waals surface area (Å²) in [6, 6.07) is 5.95. The highest BCUT2D eigenvalue weighted by atomic mass is 35.5. The molecule has 2 heterocycles. The topological polar surface area (TPSA) is 50.3 Å². The minimum absolute atomic E-state index is 0.133. The molecule has 2 aromatic rings. The predicted molar refractivity (Wildman–Crippen MR) is 122 cm³/mol. The number of aromatic nitrogens is 1. The third kappa shape index (κ3) is 5.19. The average molecular weight is 503 g/mol. The zero-order chi connectivity index (χ0) is 23.7. The quantitative estimate of drug-likeness (QED) is 0.485. The number of hydrogen-bond donors (Lipinski definition) is 0. The summed E-state index contributed by atoms with van der Waals surface area (Å²) in [5.74, 6) is -0.158. The number of benzene rings is 1. The third-order valence-corrected chi connectivity index (χ3v) is 7.15. The van der Waals surface area contributed by atoms with Crippen LogP contribution in [0.15, 0.2) is 65.5 Å². The van der Waals surface area contributed by atoms with Crippen LogP contribution in [0.4, 0.5) is 18.9 Å². The Bertz CT molecular complexity index is 1240. The highest BCUT2D eigenvalue weighted by molar-refractivity contribution is 7.91. The van der Waals surface area contributed by atoms with Gasteiger partial charge in [-0.3, -0.25) is 0 Å². The lowest BCUT2D eigenvalue weighted by atomic mass is 9.97. The van der Waals surface area contributed by atoms with E-state index in [1.807, 2.05) is 0 Å². The fourth-order valence-corrected chi connectivity index (χ4v) is 4.66. The van der Waals surface area contributed by atoms with E-state index < -0.39 is 21.6 Å². The molecule has 0 bridgehead atoms. The van der Waals surface area contributed by atoms with Crippen LogP contribution in [0, 0.1) is 6.92 Å². The van der Waals surface area contributed by atoms with Gasteiger partial charge in [0.25, 0.3) is 0 Å². The van der Waals surface area contributed by atoms with Crippen LogP contribution in [-0.2, 0) is 9.84 Å². The highest BCUT2D eigenvalue weighted by Gasteiger charge is 2.38. The molecule has 1 aromatic heterocycles. The highest BCUT2D eigenvalue weighted by Crippen LogP contribution is 2.39. The molecule has 10 heteroatoms. The smallest absolute Gasteiger partial charge is 0.342 e. The number of allylic oxidation sites excluding steroid dienone is 4. The SMILES string of the molecule is CCS(=O)(=O)c1ncc(C2=C/C=C/CN(c3cc(Cl)ccc3Cl)C=C2C(F)(F)F)cc1C. The Morgan fingerprint density at radius 2 is 1.91 bits per heavy atom. The van der Waals surface area contributed by atoms with Crippen LogP contribution >= 0.6 is 23.2 Å². The maximum absolute atomic E-state index is 14.1. The van der Waals surface area contributed by atoms with E-state index in [1.54, 1.807) is 12.1 Å². The van der Waals surface area contributed by atoms with Crippen molar-refractivity contribution in [3.05, 3.63) is 81.6 Å². The summed E-state index contributed by atoms with van der Waals surface area (Å²) in [6.07, 6.45) is 1.93. The number of pyridine rings is 1. The first-order chi connectivity index (χ1) is 14.9. The van der Waals surface area contributed by atoms with E-state index in [4.69, 9.17) is 23.2 Å². The number of alkyl halides is 3. The Kier molecular flexibility index (Phi) is 7.07. The van der Waals surface area contributed by atoms with Gasteiger partial charge in [-0.15, -0.1) is 0 Å². The van der Waals surface area contributed by atoms with Crippen molar-refractivity contribution in [2.45, 2.75) is 25.0 Å². The number of hydrogen-bond acceptors (Lipinski definition) is 4. The molecule has 1 aliphatic heterocycles. The van der Waals surface area contributed by atoms with Gasteiger partial charge in [0.05, 0.1) is 22.0 Å². The van der Waals surface area contributed by atoms with Crippen molar-refractivity contribution in [2.75, 3.05) is 17.2 Å². The van der Waals surface area contributed by atoms with E-state index in [9.17, 15) is 21.6 Å². The number of anilines is 1. The number of halogens is 5. The summed E-state index contributed by atoms with van der Waals surface area (Å²) in [5, 5.41) is 0.439. The molecule has 0 aliphatic carbocycles. The number of aryl methyl sites for hydroxylation is 1. The molecule has 0 spiro atoms. The van der Waals surface area contributed by atoms with E-state index in [-0.39, 0.29) is 39.0 Å². The Balaban J connectivity index is 2.17. The van der Waals surface area contributed by atoms with Gasteiger partial charge in [0, 0.05) is 29.5 Å². The largest absolute Gasteiger partial charge is 0.418 e. The molecule has 1 aromatic carbocycles. The zero-order valence-corrected chi connectivity index (χ0v) is 19.4. The lowest BCUT2D eigenvalue weighted by Gasteiger charge is -2.25. The van der Waals surface area contributed by atoms with Gasteiger partial charge >= 0.3 is 6.18 Å². The number of nitrogens with zero attached hydrogens (tertiary/aromatic N) is 2. The van der Waals surface area contributed by atoms with Gasteiger partial charge in [0.2, 0.25) is 0 Å². The third-order valence-electron chi connectivity index (χ3n) is 4.82. The van der Waals surface area contributed by atoms with Crippen LogP contribution < -0.4 is 4.90 Å². The van der Waals surface area contributed by atoms with Crippen molar-refractivity contribution in [1.29, 1.82) is 0 Å². The Morgan fingerprint density at radius 3 is 2.53 bits per heavy atom. The lowest BCUT2D eigenvalue weighted by molar-refractivity contribution is -0.0873. The van der Waals surface area contributed by atoms with Crippen LogP contribution in [0.3, 0.4) is 0 Å². The normalized spacial score (nSPS) is 16.2. The second-order valence-electron chi connectivity index (χ2n) is 7.05. The number of sulfone groups is 1. The number of rotatable bonds is 4. The molecule has 0 saturated carbocycles. The summed E-state index contributed by atoms with van der Waals surface area (Å²) in [5.41, 5.74) is -0.333. The van der Waals surface area contributed by atoms with Gasteiger partial charge in [-0.1, -0.05) is 48.4 Å². The zero-order valence-electron chi connectivity index (χ0n) is 17.1. The summed E-state index contributed by atoms with van der Waals surface area (Å²) >= 11 is 12.2. The first-order valence-electron chi connectivity index (χ1n) is 9.51. The Hall–Kier alpha value is -2.29. The molecule has 3 rings (SSSR count). The molecule has 0 unspecified atom stereocenters. The summed E-state index contributed by atoms with van der Waals surface area (Å²) in [7, 11) is -3.60. The van der Waals surface area contributed by atoms with Crippen molar-refractivity contribution in [3.8, 4) is 0 Å². The molecule has 0 fully saturated rings. The molecule has 1 aliphatic rings. The van der Waals surface area contributed by atoms with E-state index >= 15 is 0 Å². The molecule has 0 radical (unpaired) electrons. The molecule has 32 heavy (non-hydrogen) atoms. The van der Waals surface area contributed by atoms with Crippen LogP contribution in [0.5, 0.6) is 0 Å². The molecule has 170 valence electrons. The summed E-state index contributed by atoms with van der Waals surface area (Å²) < 4.78 is 66.8. The van der Waals surface area contributed by atoms with Crippen molar-refractivity contribution < 1.29 is 21.6 Å². The van der Waals surface area contributed by atoms with E-state index in [0.717, 1.165) is 12.4 Å². The standard InChI is InChI=1S/C22H19Cl2F3N2O2S/c1-3-32(30,31)21-14(2)10-15(12-28-21)17-6-4-5-9-29(13-18(17)22(25,26)27)20-11-16(23)7-8-19(20)24/h4-8,10-13H,3,9H2,1-2H3/b5-4+,17-6?,18-13?. The first-order valence-corrected chi connectivity index (χ1v) is 11.9. The van der Waals surface area contributed by atoms with Gasteiger partial charge in [-0.05, 0) is 42.3 Å². The molecule has 0 saturated heterocycles. The Morgan fingerprint density at radius 1 is 1.19 bits per heavy atom. The van der Waals surface area contributed by atoms with Crippen molar-refractivity contribution in [2.24, 2.45) is 0 Å². The van der Waals surface area contributed by atoms with Crippen LogP contribution in [0.1, 0.15) is 18.1 Å². The van der Waals surface area contributed by atoms with Crippen LogP contribution in [0.25, 0.3) is 5.57 Å². The molecule has 4 nitrogen and oxygen atoms in total. The second kappa shape index (κ2) is 9.29. The Labute approximate surface area is 194 Å². The average Bonchev–Trinajstić information content (AvgIpc) is 2.69. The summed E-state index contributed by atoms with van der Waals surface area (Å²) in [6.45, 7) is 3.12. The van der Waals surface area contributed by atoms with Crippen molar-refractivity contribution in [3.63, 3.8) is 0 Å². The van der Waals surface area contributed by atoms with Gasteiger partial charge in [-0.25, -0.2) is 13.4 Å². The fraction of sp³-hybridized carbons (Fsp3) is 0.227. The van der Waals surface area contributed by atoms with Gasteiger partial charge < -0.3 is 4.90 Å². The molecular weight excluding hydrogens is 484 g/mol. The lowest BCUT2D eigenvalue weighted by Crippen LogP contribution is -2.23. The van der Waals surface area contributed by atoms with Gasteiger partial charge in [0.15, 0.2) is 14.9 Å².